The number of hydrogen-bond acceptors (Lipinski definition) is 6. The minimum absolute atomic E-state index is 0.0734. The Hall–Kier alpha value is -2.11. The molecule has 0 fully saturated rings. The van der Waals surface area contributed by atoms with Crippen LogP contribution in [0.15, 0.2) is 24.3 Å². The summed E-state index contributed by atoms with van der Waals surface area (Å²) in [5.74, 6) is -0.878. The van der Waals surface area contributed by atoms with Crippen LogP contribution in [-0.2, 0) is 28.6 Å². The summed E-state index contributed by atoms with van der Waals surface area (Å²) < 4.78 is 16.8. The summed E-state index contributed by atoms with van der Waals surface area (Å²) in [5.41, 5.74) is 0. The molecule has 0 aromatic heterocycles. The fourth-order valence-electron chi connectivity index (χ4n) is 7.67. The van der Waals surface area contributed by atoms with Gasteiger partial charge < -0.3 is 14.2 Å². The second kappa shape index (κ2) is 49.5. The minimum atomic E-state index is -0.773. The van der Waals surface area contributed by atoms with Crippen molar-refractivity contribution in [2.75, 3.05) is 13.2 Å². The molecule has 0 radical (unpaired) electrons. The first-order valence-corrected chi connectivity index (χ1v) is 26.3. The average molecular weight is 845 g/mol. The van der Waals surface area contributed by atoms with Gasteiger partial charge in [-0.15, -0.1) is 0 Å². The zero-order valence-corrected chi connectivity index (χ0v) is 40.2. The van der Waals surface area contributed by atoms with Gasteiger partial charge in [0.05, 0.1) is 0 Å². The summed E-state index contributed by atoms with van der Waals surface area (Å²) in [5, 5.41) is 0. The summed E-state index contributed by atoms with van der Waals surface area (Å²) in [6, 6.07) is 0. The molecule has 352 valence electrons. The Morgan fingerprint density at radius 2 is 0.550 bits per heavy atom. The highest BCUT2D eigenvalue weighted by Crippen LogP contribution is 2.16. The standard InChI is InChI=1S/C54H100O6/c1-4-7-10-13-16-19-22-25-26-27-30-32-35-38-41-44-47-53(56)59-50-51(60-54(57)48-45-42-39-36-33-29-24-21-18-15-12-9-6-3)49-58-52(55)46-43-40-37-34-31-28-23-20-17-14-11-8-5-2/h20-21,23-24,51H,4-19,22,25-50H2,1-3H3/b23-20-,24-21-. The third-order valence-electron chi connectivity index (χ3n) is 11.7. The van der Waals surface area contributed by atoms with Crippen LogP contribution in [0.2, 0.25) is 0 Å². The predicted octanol–water partition coefficient (Wildman–Crippen LogP) is 17.2. The van der Waals surface area contributed by atoms with Crippen molar-refractivity contribution in [1.29, 1.82) is 0 Å². The molecule has 0 saturated heterocycles. The van der Waals surface area contributed by atoms with Crippen LogP contribution < -0.4 is 0 Å². The first kappa shape index (κ1) is 57.9. The maximum Gasteiger partial charge on any atom is 0.306 e. The third-order valence-corrected chi connectivity index (χ3v) is 11.7. The smallest absolute Gasteiger partial charge is 0.306 e. The zero-order chi connectivity index (χ0) is 43.7. The fourth-order valence-corrected chi connectivity index (χ4v) is 7.67. The van der Waals surface area contributed by atoms with E-state index in [1.807, 2.05) is 0 Å². The molecule has 0 heterocycles. The van der Waals surface area contributed by atoms with Crippen LogP contribution in [0.1, 0.15) is 284 Å². The first-order valence-electron chi connectivity index (χ1n) is 26.3. The van der Waals surface area contributed by atoms with Gasteiger partial charge in [-0.25, -0.2) is 0 Å². The van der Waals surface area contributed by atoms with Crippen LogP contribution in [0.3, 0.4) is 0 Å². The van der Waals surface area contributed by atoms with Crippen LogP contribution in [0.5, 0.6) is 0 Å². The summed E-state index contributed by atoms with van der Waals surface area (Å²) >= 11 is 0. The Kier molecular flexibility index (Phi) is 47.8. The Balaban J connectivity index is 4.34. The fraction of sp³-hybridized carbons (Fsp3) is 0.870. The van der Waals surface area contributed by atoms with E-state index in [1.54, 1.807) is 0 Å². The number of carbonyl (C=O) groups is 3. The molecule has 0 aromatic carbocycles. The monoisotopic (exact) mass is 845 g/mol. The molecule has 6 heteroatoms. The summed E-state index contributed by atoms with van der Waals surface area (Å²) in [6.45, 7) is 6.62. The number of esters is 3. The van der Waals surface area contributed by atoms with E-state index in [-0.39, 0.29) is 31.1 Å². The Labute approximate surface area is 373 Å². The van der Waals surface area contributed by atoms with Crippen molar-refractivity contribution in [3.8, 4) is 0 Å². The minimum Gasteiger partial charge on any atom is -0.462 e. The van der Waals surface area contributed by atoms with Crippen molar-refractivity contribution in [3.63, 3.8) is 0 Å². The van der Waals surface area contributed by atoms with E-state index in [9.17, 15) is 14.4 Å². The number of carbonyl (C=O) groups excluding carboxylic acids is 3. The molecule has 6 nitrogen and oxygen atoms in total. The Morgan fingerprint density at radius 3 is 0.850 bits per heavy atom. The predicted molar refractivity (Wildman–Crippen MR) is 256 cm³/mol. The van der Waals surface area contributed by atoms with Gasteiger partial charge in [-0.3, -0.25) is 14.4 Å². The van der Waals surface area contributed by atoms with Crippen LogP contribution in [0, 0.1) is 0 Å². The largest absolute Gasteiger partial charge is 0.462 e. The van der Waals surface area contributed by atoms with Crippen molar-refractivity contribution in [1.82, 2.24) is 0 Å². The first-order chi connectivity index (χ1) is 29.5. The second-order valence-corrected chi connectivity index (χ2v) is 17.8. The van der Waals surface area contributed by atoms with Crippen molar-refractivity contribution >= 4 is 17.9 Å². The van der Waals surface area contributed by atoms with E-state index >= 15 is 0 Å². The quantitative estimate of drug-likeness (QED) is 0.0263. The van der Waals surface area contributed by atoms with E-state index in [0.29, 0.717) is 19.3 Å². The zero-order valence-electron chi connectivity index (χ0n) is 40.2. The molecular formula is C54H100O6. The van der Waals surface area contributed by atoms with Crippen molar-refractivity contribution in [3.05, 3.63) is 24.3 Å². The lowest BCUT2D eigenvalue weighted by molar-refractivity contribution is -0.167. The maximum absolute atomic E-state index is 12.8. The van der Waals surface area contributed by atoms with Crippen LogP contribution in [0.4, 0.5) is 0 Å². The van der Waals surface area contributed by atoms with Crippen molar-refractivity contribution in [2.45, 2.75) is 290 Å². The highest BCUT2D eigenvalue weighted by Gasteiger charge is 2.19. The van der Waals surface area contributed by atoms with Crippen LogP contribution in [0.25, 0.3) is 0 Å². The average Bonchev–Trinajstić information content (AvgIpc) is 3.24. The third kappa shape index (κ3) is 46.9. The van der Waals surface area contributed by atoms with Crippen LogP contribution in [-0.4, -0.2) is 37.2 Å². The molecule has 0 aromatic rings. The molecule has 0 aliphatic heterocycles. The van der Waals surface area contributed by atoms with E-state index in [0.717, 1.165) is 70.6 Å². The maximum atomic E-state index is 12.8. The number of rotatable bonds is 48. The molecule has 1 atom stereocenters. The molecule has 0 rings (SSSR count). The van der Waals surface area contributed by atoms with E-state index in [2.05, 4.69) is 45.1 Å². The molecule has 0 spiro atoms. The highest BCUT2D eigenvalue weighted by atomic mass is 16.6. The molecule has 0 aliphatic carbocycles. The van der Waals surface area contributed by atoms with Crippen molar-refractivity contribution in [2.24, 2.45) is 0 Å². The molecule has 0 aliphatic rings. The van der Waals surface area contributed by atoms with Gasteiger partial charge in [-0.1, -0.05) is 218 Å². The summed E-state index contributed by atoms with van der Waals surface area (Å²) in [7, 11) is 0. The van der Waals surface area contributed by atoms with Gasteiger partial charge >= 0.3 is 17.9 Å². The molecule has 0 N–H and O–H groups in total. The Morgan fingerprint density at radius 1 is 0.317 bits per heavy atom. The molecule has 60 heavy (non-hydrogen) atoms. The van der Waals surface area contributed by atoms with Gasteiger partial charge in [0.25, 0.3) is 0 Å². The van der Waals surface area contributed by atoms with Gasteiger partial charge in [-0.05, 0) is 70.6 Å². The molecular weight excluding hydrogens is 745 g/mol. The lowest BCUT2D eigenvalue weighted by Crippen LogP contribution is -2.30. The molecule has 1 unspecified atom stereocenters. The normalized spacial score (nSPS) is 12.1. The topological polar surface area (TPSA) is 78.9 Å². The lowest BCUT2D eigenvalue weighted by Gasteiger charge is -2.18. The van der Waals surface area contributed by atoms with Gasteiger partial charge in [-0.2, -0.15) is 0 Å². The Bertz CT molecular complexity index is 973. The van der Waals surface area contributed by atoms with Gasteiger partial charge in [0, 0.05) is 19.3 Å². The van der Waals surface area contributed by atoms with Crippen molar-refractivity contribution < 1.29 is 28.6 Å². The number of unbranched alkanes of at least 4 members (excludes halogenated alkanes) is 33. The van der Waals surface area contributed by atoms with Gasteiger partial charge in [0.15, 0.2) is 6.10 Å². The second-order valence-electron chi connectivity index (χ2n) is 17.8. The molecule has 0 bridgehead atoms. The number of allylic oxidation sites excluding steroid dienone is 4. The summed E-state index contributed by atoms with van der Waals surface area (Å²) in [6.07, 6.45) is 55.8. The number of ether oxygens (including phenoxy) is 3. The lowest BCUT2D eigenvalue weighted by atomic mass is 10.0. The van der Waals surface area contributed by atoms with Gasteiger partial charge in [0.1, 0.15) is 13.2 Å². The highest BCUT2D eigenvalue weighted by molar-refractivity contribution is 5.71. The molecule has 0 amide bonds. The SMILES string of the molecule is CCCCCC/C=C\CCCCCCCC(=O)OCC(COC(=O)CCCCCCCCCCCCCCCCCC)OC(=O)CCCCCCC/C=C\CCCCCC. The molecule has 0 saturated carbocycles. The van der Waals surface area contributed by atoms with E-state index in [4.69, 9.17) is 14.2 Å². The summed E-state index contributed by atoms with van der Waals surface area (Å²) in [4.78, 5) is 37.9. The van der Waals surface area contributed by atoms with Gasteiger partial charge in [0.2, 0.25) is 0 Å². The van der Waals surface area contributed by atoms with E-state index < -0.39 is 6.10 Å². The van der Waals surface area contributed by atoms with Crippen LogP contribution >= 0.6 is 0 Å². The van der Waals surface area contributed by atoms with E-state index in [1.165, 1.54) is 173 Å². The number of hydrogen-bond donors (Lipinski definition) is 0.